The molecule has 5 rings (SSSR count). The Labute approximate surface area is 480 Å². The van der Waals surface area contributed by atoms with Crippen LogP contribution < -0.4 is 26.8 Å². The third-order valence-electron chi connectivity index (χ3n) is 12.7. The molecule has 0 spiro atoms. The zero-order valence-electron chi connectivity index (χ0n) is 46.5. The largest absolute Gasteiger partial charge is 0.461 e. The van der Waals surface area contributed by atoms with Crippen molar-refractivity contribution in [2.45, 2.75) is 141 Å². The number of ether oxygens (including phenoxy) is 4. The fraction of sp³-hybridized carbons (Fsp3) is 0.403. The van der Waals surface area contributed by atoms with Gasteiger partial charge >= 0.3 is 31.6 Å². The number of hydrogen-bond acceptors (Lipinski definition) is 15. The van der Waals surface area contributed by atoms with E-state index in [0.29, 0.717) is 55.5 Å². The van der Waals surface area contributed by atoms with Crippen molar-refractivity contribution in [1.82, 2.24) is 21.0 Å². The van der Waals surface area contributed by atoms with Gasteiger partial charge in [-0.1, -0.05) is 165 Å². The van der Waals surface area contributed by atoms with Crippen LogP contribution in [0.1, 0.15) is 118 Å². The number of benzene rings is 5. The Morgan fingerprint density at radius 3 is 1.29 bits per heavy atom. The van der Waals surface area contributed by atoms with E-state index in [-0.39, 0.29) is 90.5 Å². The number of unbranched alkanes of at least 4 members (excludes halogenated alkanes) is 4. The Hall–Kier alpha value is -7.54. The summed E-state index contributed by atoms with van der Waals surface area (Å²) in [4.78, 5) is 93.3. The van der Waals surface area contributed by atoms with Gasteiger partial charge in [-0.15, -0.1) is 0 Å². The summed E-state index contributed by atoms with van der Waals surface area (Å²) < 4.78 is 49.0. The van der Waals surface area contributed by atoms with Crippen LogP contribution in [0, 0.1) is 0 Å². The third kappa shape index (κ3) is 27.3. The fourth-order valence-electron chi connectivity index (χ4n) is 8.12. The maximum atomic E-state index is 14.8. The van der Waals surface area contributed by atoms with Crippen molar-refractivity contribution >= 4 is 49.3 Å². The quantitative estimate of drug-likeness (QED) is 0.0106. The van der Waals surface area contributed by atoms with Gasteiger partial charge in [0, 0.05) is 32.2 Å². The highest BCUT2D eigenvalue weighted by molar-refractivity contribution is 7.51. The first-order chi connectivity index (χ1) is 39.9. The van der Waals surface area contributed by atoms with Crippen molar-refractivity contribution in [2.24, 2.45) is 5.73 Å². The minimum Gasteiger partial charge on any atom is -0.461 e. The predicted molar refractivity (Wildman–Crippen MR) is 307 cm³/mol. The first-order valence-electron chi connectivity index (χ1n) is 28.0. The first-order valence-corrected chi connectivity index (χ1v) is 29.5. The van der Waals surface area contributed by atoms with Crippen molar-refractivity contribution in [1.29, 1.82) is 0 Å². The molecular weight excluding hydrogens is 1070 g/mol. The molecule has 0 radical (unpaired) electrons. The van der Waals surface area contributed by atoms with Crippen molar-refractivity contribution in [3.8, 4) is 0 Å². The second-order valence-corrected chi connectivity index (χ2v) is 21.2. The van der Waals surface area contributed by atoms with Crippen LogP contribution in [0.15, 0.2) is 152 Å². The Morgan fingerprint density at radius 2 is 0.805 bits per heavy atom. The molecule has 19 nitrogen and oxygen atoms in total. The smallest absolute Gasteiger partial charge is 0.406 e. The van der Waals surface area contributed by atoms with Gasteiger partial charge in [0.05, 0.1) is 13.2 Å². The van der Waals surface area contributed by atoms with E-state index in [9.17, 15) is 38.1 Å². The predicted octanol–water partition coefficient (Wildman–Crippen LogP) is 8.77. The molecule has 0 bridgehead atoms. The molecular formula is C62H78N5O14P. The molecule has 0 aliphatic carbocycles. The topological polar surface area (TPSA) is 266 Å². The zero-order valence-corrected chi connectivity index (χ0v) is 47.4. The number of carbonyl (C=O) groups is 7. The Balaban J connectivity index is 1.24. The van der Waals surface area contributed by atoms with Gasteiger partial charge in [0.15, 0.2) is 0 Å². The van der Waals surface area contributed by atoms with Gasteiger partial charge in [-0.3, -0.25) is 33.0 Å². The van der Waals surface area contributed by atoms with E-state index in [4.69, 9.17) is 33.7 Å². The van der Waals surface area contributed by atoms with Gasteiger partial charge in [0.1, 0.15) is 44.6 Å². The van der Waals surface area contributed by atoms with Crippen LogP contribution in [0.3, 0.4) is 0 Å². The van der Waals surface area contributed by atoms with E-state index in [1.54, 1.807) is 115 Å². The van der Waals surface area contributed by atoms with E-state index in [1.807, 2.05) is 36.4 Å². The summed E-state index contributed by atoms with van der Waals surface area (Å²) in [6.07, 6.45) is 3.78. The molecule has 0 aliphatic rings. The molecule has 4 atom stereocenters. The normalized spacial score (nSPS) is 12.8. The molecule has 1 unspecified atom stereocenters. The summed E-state index contributed by atoms with van der Waals surface area (Å²) >= 11 is 0. The molecule has 3 amide bonds. The van der Waals surface area contributed by atoms with E-state index in [1.165, 1.54) is 0 Å². The van der Waals surface area contributed by atoms with Gasteiger partial charge in [0.2, 0.25) is 17.7 Å². The fourth-order valence-corrected chi connectivity index (χ4v) is 9.65. The van der Waals surface area contributed by atoms with E-state index in [2.05, 4.69) is 21.0 Å². The summed E-state index contributed by atoms with van der Waals surface area (Å²) in [5.41, 5.74) is 9.03. The molecule has 6 N–H and O–H groups in total. The Morgan fingerprint density at radius 1 is 0.402 bits per heavy atom. The van der Waals surface area contributed by atoms with Crippen LogP contribution in [-0.2, 0) is 99.2 Å². The highest BCUT2D eigenvalue weighted by atomic mass is 31.2. The maximum absolute atomic E-state index is 14.8. The van der Waals surface area contributed by atoms with Gasteiger partial charge in [0.25, 0.3) is 0 Å². The van der Waals surface area contributed by atoms with Gasteiger partial charge in [-0.2, -0.15) is 0 Å². The lowest BCUT2D eigenvalue weighted by atomic mass is 10.1. The van der Waals surface area contributed by atoms with Crippen molar-refractivity contribution in [3.63, 3.8) is 0 Å². The molecule has 0 aromatic heterocycles. The number of amides is 3. The molecule has 5 aromatic carbocycles. The highest BCUT2D eigenvalue weighted by Crippen LogP contribution is 2.46. The molecule has 82 heavy (non-hydrogen) atoms. The average molecular weight is 1150 g/mol. The van der Waals surface area contributed by atoms with E-state index < -0.39 is 61.6 Å². The second kappa shape index (κ2) is 38.2. The lowest BCUT2D eigenvalue weighted by molar-refractivity contribution is -0.150. The Kier molecular flexibility index (Phi) is 30.4. The molecule has 5 aromatic rings. The van der Waals surface area contributed by atoms with Gasteiger partial charge < -0.3 is 40.6 Å². The monoisotopic (exact) mass is 1150 g/mol. The molecule has 0 aliphatic heterocycles. The molecule has 20 heteroatoms. The second-order valence-electron chi connectivity index (χ2n) is 19.4. The maximum Gasteiger partial charge on any atom is 0.406 e. The number of nitrogens with two attached hydrogens (primary N) is 1. The van der Waals surface area contributed by atoms with Crippen LogP contribution in [0.5, 0.6) is 0 Å². The lowest BCUT2D eigenvalue weighted by Gasteiger charge is -2.25. The molecule has 0 heterocycles. The van der Waals surface area contributed by atoms with E-state index in [0.717, 1.165) is 30.4 Å². The zero-order chi connectivity index (χ0) is 58.5. The third-order valence-corrected chi connectivity index (χ3v) is 14.3. The highest BCUT2D eigenvalue weighted by Gasteiger charge is 2.35. The summed E-state index contributed by atoms with van der Waals surface area (Å²) in [6, 6.07) is 40.9. The number of hydrogen-bond donors (Lipinski definition) is 5. The van der Waals surface area contributed by atoms with Crippen LogP contribution >= 0.6 is 7.75 Å². The van der Waals surface area contributed by atoms with Crippen LogP contribution in [0.2, 0.25) is 0 Å². The van der Waals surface area contributed by atoms with Crippen molar-refractivity contribution in [2.75, 3.05) is 19.7 Å². The molecule has 0 saturated carbocycles. The average Bonchev–Trinajstić information content (AvgIpc) is 3.51. The summed E-state index contributed by atoms with van der Waals surface area (Å²) in [5, 5.41) is 11.1. The number of carbonyl (C=O) groups excluding carboxylic acids is 7. The van der Waals surface area contributed by atoms with Gasteiger partial charge in [-0.05, 0) is 85.7 Å². The first kappa shape index (κ1) is 65.3. The van der Waals surface area contributed by atoms with Crippen LogP contribution in [0.4, 0.5) is 0 Å². The number of rotatable bonds is 40. The van der Waals surface area contributed by atoms with Crippen molar-refractivity contribution in [3.05, 3.63) is 179 Å². The minimum atomic E-state index is -4.47. The van der Waals surface area contributed by atoms with Crippen LogP contribution in [0.25, 0.3) is 0 Å². The standard InChI is InChI=1S/C62H78N5O14P/c63-40-20-6-18-34-56(68)64-41-21-7-19-35-57(69)66-54(61(73)78-45-50-27-12-3-13-28-50)36-38-58(70)65-53(60(72)77-44-49-25-10-2-11-26-49)33-22-42-80-82(75,81-47-52-31-16-5-17-32-52)67-55(62(74)79-46-51-29-14-4-15-30-51)37-39-59(71)76-43-48-23-8-1-9-24-48/h1-5,8-17,23-32,53-55H,6-7,18-22,33-47,63H2,(H,64,68)(H,65,70)(H,66,69)(H,67,75)/t53-,54-,55-,82?/m0/s1. The molecule has 0 saturated heterocycles. The minimum absolute atomic E-state index is 0.00468. The van der Waals surface area contributed by atoms with Crippen LogP contribution in [-0.4, -0.2) is 79.4 Å². The summed E-state index contributed by atoms with van der Waals surface area (Å²) in [5.74, 6) is -4.08. The Bertz CT molecular complexity index is 2730. The van der Waals surface area contributed by atoms with Gasteiger partial charge in [-0.25, -0.2) is 19.2 Å². The summed E-state index contributed by atoms with van der Waals surface area (Å²) in [7, 11) is -4.47. The number of esters is 4. The van der Waals surface area contributed by atoms with E-state index >= 15 is 0 Å². The molecule has 440 valence electrons. The SMILES string of the molecule is NCCCCCC(=O)NCCCCCC(=O)N[C@@H](CCC(=O)N[C@@H](CCCOP(=O)(N[C@@H](CCC(=O)OCc1ccccc1)C(=O)OCc1ccccc1)OCc1ccccc1)C(=O)OCc1ccccc1)C(=O)OCc1ccccc1. The number of nitrogens with one attached hydrogen (secondary N) is 4. The van der Waals surface area contributed by atoms with Crippen molar-refractivity contribution < 1.29 is 66.1 Å². The summed E-state index contributed by atoms with van der Waals surface area (Å²) in [6.45, 7) is 0.240. The lowest BCUT2D eigenvalue weighted by Crippen LogP contribution is -2.45. The molecule has 0 fully saturated rings.